The van der Waals surface area contributed by atoms with Gasteiger partial charge < -0.3 is 21.9 Å². The number of carbonyl (C=O) groups excluding carboxylic acids is 1. The summed E-state index contributed by atoms with van der Waals surface area (Å²) >= 11 is 0. The zero-order valence-corrected chi connectivity index (χ0v) is 12.6. The molecule has 6 nitrogen and oxygen atoms in total. The maximum atomic E-state index is 12.1. The van der Waals surface area contributed by atoms with Crippen LogP contribution in [0.3, 0.4) is 0 Å². The third-order valence-corrected chi connectivity index (χ3v) is 4.72. The summed E-state index contributed by atoms with van der Waals surface area (Å²) in [5, 5.41) is 12.1. The first-order chi connectivity index (χ1) is 9.12. The minimum Gasteiger partial charge on any atom is -0.480 e. The Labute approximate surface area is 120 Å². The van der Waals surface area contributed by atoms with Crippen LogP contribution < -0.4 is 16.8 Å². The SMILES string of the molecule is CC(C)C(C)(N)C(=O)NC[C@@H]1CCCC[C@]1(N)C(=O)O. The van der Waals surface area contributed by atoms with E-state index in [1.165, 1.54) is 0 Å². The van der Waals surface area contributed by atoms with Crippen molar-refractivity contribution in [2.75, 3.05) is 6.54 Å². The zero-order chi connectivity index (χ0) is 15.6. The second kappa shape index (κ2) is 6.10. The standard InChI is InChI=1S/C14H27N3O3/c1-9(2)13(3,15)11(18)17-8-10-6-4-5-7-14(10,16)12(19)20/h9-10H,4-8,15-16H2,1-3H3,(H,17,18)(H,19,20)/t10-,13?,14+/m0/s1. The Morgan fingerprint density at radius 3 is 2.55 bits per heavy atom. The van der Waals surface area contributed by atoms with Gasteiger partial charge in [-0.25, -0.2) is 0 Å². The van der Waals surface area contributed by atoms with E-state index in [4.69, 9.17) is 11.5 Å². The first-order valence-corrected chi connectivity index (χ1v) is 7.21. The monoisotopic (exact) mass is 285 g/mol. The lowest BCUT2D eigenvalue weighted by atomic mass is 9.73. The number of aliphatic carboxylic acids is 1. The molecule has 116 valence electrons. The van der Waals surface area contributed by atoms with E-state index in [-0.39, 0.29) is 24.3 Å². The summed E-state index contributed by atoms with van der Waals surface area (Å²) in [7, 11) is 0. The average molecular weight is 285 g/mol. The van der Waals surface area contributed by atoms with E-state index in [9.17, 15) is 14.7 Å². The minimum atomic E-state index is -1.24. The highest BCUT2D eigenvalue weighted by Crippen LogP contribution is 2.32. The molecule has 6 N–H and O–H groups in total. The van der Waals surface area contributed by atoms with E-state index >= 15 is 0 Å². The quantitative estimate of drug-likeness (QED) is 0.585. The van der Waals surface area contributed by atoms with Crippen molar-refractivity contribution in [3.63, 3.8) is 0 Å². The first kappa shape index (κ1) is 16.9. The van der Waals surface area contributed by atoms with Gasteiger partial charge in [0.25, 0.3) is 0 Å². The summed E-state index contributed by atoms with van der Waals surface area (Å²) in [4.78, 5) is 23.5. The van der Waals surface area contributed by atoms with Crippen LogP contribution in [0, 0.1) is 11.8 Å². The van der Waals surface area contributed by atoms with Gasteiger partial charge in [0, 0.05) is 12.5 Å². The fraction of sp³-hybridized carbons (Fsp3) is 0.857. The molecule has 0 aliphatic heterocycles. The number of nitrogens with two attached hydrogens (primary N) is 2. The van der Waals surface area contributed by atoms with Crippen LogP contribution in [-0.2, 0) is 9.59 Å². The number of carbonyl (C=O) groups is 2. The molecule has 1 amide bonds. The van der Waals surface area contributed by atoms with Crippen LogP contribution in [0.1, 0.15) is 46.5 Å². The van der Waals surface area contributed by atoms with Crippen LogP contribution in [0.15, 0.2) is 0 Å². The van der Waals surface area contributed by atoms with Crippen molar-refractivity contribution in [1.82, 2.24) is 5.32 Å². The predicted octanol–water partition coefficient (Wildman–Crippen LogP) is 0.448. The molecular weight excluding hydrogens is 258 g/mol. The molecule has 1 unspecified atom stereocenters. The molecule has 6 heteroatoms. The van der Waals surface area contributed by atoms with Crippen molar-refractivity contribution in [2.24, 2.45) is 23.3 Å². The molecule has 1 rings (SSSR count). The maximum Gasteiger partial charge on any atom is 0.324 e. The molecule has 0 heterocycles. The lowest BCUT2D eigenvalue weighted by molar-refractivity contribution is -0.147. The molecule has 0 bridgehead atoms. The topological polar surface area (TPSA) is 118 Å². The van der Waals surface area contributed by atoms with Crippen LogP contribution in [0.2, 0.25) is 0 Å². The van der Waals surface area contributed by atoms with E-state index in [0.29, 0.717) is 12.8 Å². The van der Waals surface area contributed by atoms with E-state index in [1.54, 1.807) is 6.92 Å². The van der Waals surface area contributed by atoms with Gasteiger partial charge in [0.15, 0.2) is 0 Å². The molecule has 0 radical (unpaired) electrons. The molecule has 1 aliphatic carbocycles. The molecule has 1 saturated carbocycles. The Morgan fingerprint density at radius 2 is 2.05 bits per heavy atom. The average Bonchev–Trinajstić information content (AvgIpc) is 2.36. The van der Waals surface area contributed by atoms with Crippen molar-refractivity contribution in [2.45, 2.75) is 57.5 Å². The minimum absolute atomic E-state index is 0.00374. The lowest BCUT2D eigenvalue weighted by Crippen LogP contribution is -2.61. The molecular formula is C14H27N3O3. The van der Waals surface area contributed by atoms with E-state index < -0.39 is 17.0 Å². The number of amides is 1. The molecule has 0 aromatic rings. The third kappa shape index (κ3) is 3.30. The van der Waals surface area contributed by atoms with Gasteiger partial charge in [-0.3, -0.25) is 9.59 Å². The molecule has 3 atom stereocenters. The van der Waals surface area contributed by atoms with Crippen molar-refractivity contribution in [3.8, 4) is 0 Å². The molecule has 20 heavy (non-hydrogen) atoms. The Bertz CT molecular complexity index is 382. The fourth-order valence-corrected chi connectivity index (χ4v) is 2.50. The van der Waals surface area contributed by atoms with Crippen LogP contribution in [-0.4, -0.2) is 34.6 Å². The summed E-state index contributed by atoms with van der Waals surface area (Å²) in [6, 6.07) is 0. The molecule has 0 spiro atoms. The Balaban J connectivity index is 2.68. The Hall–Kier alpha value is -1.14. The summed E-state index contributed by atoms with van der Waals surface area (Å²) < 4.78 is 0. The van der Waals surface area contributed by atoms with Gasteiger partial charge in [0.2, 0.25) is 5.91 Å². The van der Waals surface area contributed by atoms with Crippen molar-refractivity contribution in [3.05, 3.63) is 0 Å². The fourth-order valence-electron chi connectivity index (χ4n) is 2.50. The highest BCUT2D eigenvalue weighted by atomic mass is 16.4. The predicted molar refractivity (Wildman–Crippen MR) is 77.0 cm³/mol. The summed E-state index contributed by atoms with van der Waals surface area (Å²) in [6.45, 7) is 5.71. The van der Waals surface area contributed by atoms with Gasteiger partial charge in [-0.15, -0.1) is 0 Å². The number of carboxylic acid groups (broad SMARTS) is 1. The second-order valence-corrected chi connectivity index (χ2v) is 6.44. The van der Waals surface area contributed by atoms with Gasteiger partial charge in [0.05, 0.1) is 5.54 Å². The van der Waals surface area contributed by atoms with Crippen LogP contribution in [0.25, 0.3) is 0 Å². The van der Waals surface area contributed by atoms with Crippen LogP contribution in [0.5, 0.6) is 0 Å². The first-order valence-electron chi connectivity index (χ1n) is 7.21. The second-order valence-electron chi connectivity index (χ2n) is 6.44. The van der Waals surface area contributed by atoms with Gasteiger partial charge in [0.1, 0.15) is 5.54 Å². The smallest absolute Gasteiger partial charge is 0.324 e. The molecule has 0 saturated heterocycles. The molecule has 1 aliphatic rings. The van der Waals surface area contributed by atoms with Crippen LogP contribution >= 0.6 is 0 Å². The number of hydrogen-bond donors (Lipinski definition) is 4. The summed E-state index contributed by atoms with van der Waals surface area (Å²) in [6.07, 6.45) is 2.92. The van der Waals surface area contributed by atoms with Gasteiger partial charge in [-0.1, -0.05) is 26.7 Å². The highest BCUT2D eigenvalue weighted by molar-refractivity contribution is 5.86. The van der Waals surface area contributed by atoms with Crippen molar-refractivity contribution >= 4 is 11.9 Å². The van der Waals surface area contributed by atoms with Crippen molar-refractivity contribution in [1.29, 1.82) is 0 Å². The van der Waals surface area contributed by atoms with Gasteiger partial charge in [-0.05, 0) is 25.7 Å². The summed E-state index contributed by atoms with van der Waals surface area (Å²) in [5.74, 6) is -1.50. The Morgan fingerprint density at radius 1 is 1.45 bits per heavy atom. The van der Waals surface area contributed by atoms with E-state index in [2.05, 4.69) is 5.32 Å². The normalized spacial score (nSPS) is 29.8. The molecule has 0 aromatic carbocycles. The van der Waals surface area contributed by atoms with Crippen LogP contribution in [0.4, 0.5) is 0 Å². The third-order valence-electron chi connectivity index (χ3n) is 4.72. The van der Waals surface area contributed by atoms with Gasteiger partial charge >= 0.3 is 5.97 Å². The summed E-state index contributed by atoms with van der Waals surface area (Å²) in [5.41, 5.74) is 9.80. The van der Waals surface area contributed by atoms with E-state index in [1.807, 2.05) is 13.8 Å². The largest absolute Gasteiger partial charge is 0.480 e. The Kier molecular flexibility index (Phi) is 5.15. The molecule has 0 aromatic heterocycles. The highest BCUT2D eigenvalue weighted by Gasteiger charge is 2.44. The van der Waals surface area contributed by atoms with Gasteiger partial charge in [-0.2, -0.15) is 0 Å². The van der Waals surface area contributed by atoms with E-state index in [0.717, 1.165) is 12.8 Å². The molecule has 1 fully saturated rings. The number of carboxylic acids is 1. The number of hydrogen-bond acceptors (Lipinski definition) is 4. The number of nitrogens with one attached hydrogen (secondary N) is 1. The lowest BCUT2D eigenvalue weighted by Gasteiger charge is -2.38. The maximum absolute atomic E-state index is 12.1. The number of rotatable bonds is 5. The zero-order valence-electron chi connectivity index (χ0n) is 12.6. The van der Waals surface area contributed by atoms with Crippen molar-refractivity contribution < 1.29 is 14.7 Å².